The molecule has 2 heterocycles. The summed E-state index contributed by atoms with van der Waals surface area (Å²) >= 11 is 0. The van der Waals surface area contributed by atoms with Crippen LogP contribution in [0.1, 0.15) is 10.4 Å². The molecule has 0 aliphatic rings. The van der Waals surface area contributed by atoms with Gasteiger partial charge in [-0.15, -0.1) is 0 Å². The molecule has 1 amide bonds. The lowest BCUT2D eigenvalue weighted by Gasteiger charge is -2.07. The standard InChI is InChI=1S/C19H14N4O2/c24-15-8-6-13(7-9-15)16-12-23-17(10-20-16)21-11-18(23)22-19(25)14-4-2-1-3-5-14/h1-12,24H,(H,22,25). The van der Waals surface area contributed by atoms with Crippen LogP contribution in [0.3, 0.4) is 0 Å². The Bertz CT molecular complexity index is 1040. The SMILES string of the molecule is O=C(Nc1cnc2cnc(-c3ccc(O)cc3)cn12)c1ccccc1. The van der Waals surface area contributed by atoms with Gasteiger partial charge in [0.25, 0.3) is 5.91 Å². The number of aromatic nitrogens is 3. The maximum absolute atomic E-state index is 12.4. The van der Waals surface area contributed by atoms with Crippen molar-refractivity contribution in [3.8, 4) is 17.0 Å². The first-order valence-electron chi connectivity index (χ1n) is 7.69. The van der Waals surface area contributed by atoms with E-state index in [4.69, 9.17) is 0 Å². The van der Waals surface area contributed by atoms with Crippen LogP contribution in [0.25, 0.3) is 16.9 Å². The third-order valence-corrected chi connectivity index (χ3v) is 3.84. The van der Waals surface area contributed by atoms with Gasteiger partial charge in [0.15, 0.2) is 5.65 Å². The van der Waals surface area contributed by atoms with Crippen molar-refractivity contribution >= 4 is 17.4 Å². The molecule has 122 valence electrons. The lowest BCUT2D eigenvalue weighted by atomic mass is 10.1. The Kier molecular flexibility index (Phi) is 3.63. The molecule has 0 radical (unpaired) electrons. The van der Waals surface area contributed by atoms with Gasteiger partial charge in [0, 0.05) is 17.3 Å². The zero-order valence-corrected chi connectivity index (χ0v) is 13.1. The van der Waals surface area contributed by atoms with Gasteiger partial charge in [0.1, 0.15) is 11.6 Å². The Morgan fingerprint density at radius 2 is 1.72 bits per heavy atom. The fourth-order valence-corrected chi connectivity index (χ4v) is 2.54. The van der Waals surface area contributed by atoms with Crippen LogP contribution in [0.4, 0.5) is 5.82 Å². The first-order chi connectivity index (χ1) is 12.2. The van der Waals surface area contributed by atoms with E-state index in [-0.39, 0.29) is 11.7 Å². The van der Waals surface area contributed by atoms with E-state index in [2.05, 4.69) is 15.3 Å². The lowest BCUT2D eigenvalue weighted by molar-refractivity contribution is 0.102. The second kappa shape index (κ2) is 6.09. The Hall–Kier alpha value is -3.67. The minimum atomic E-state index is -0.203. The molecule has 6 nitrogen and oxygen atoms in total. The first kappa shape index (κ1) is 14.9. The second-order valence-corrected chi connectivity index (χ2v) is 5.51. The van der Waals surface area contributed by atoms with E-state index in [1.54, 1.807) is 59.4 Å². The molecule has 0 fully saturated rings. The van der Waals surface area contributed by atoms with Gasteiger partial charge >= 0.3 is 0 Å². The highest BCUT2D eigenvalue weighted by Gasteiger charge is 2.11. The summed E-state index contributed by atoms with van der Waals surface area (Å²) in [6, 6.07) is 15.8. The normalized spacial score (nSPS) is 10.7. The number of rotatable bonds is 3. The number of carbonyl (C=O) groups is 1. The summed E-state index contributed by atoms with van der Waals surface area (Å²) < 4.78 is 1.77. The minimum absolute atomic E-state index is 0.197. The second-order valence-electron chi connectivity index (χ2n) is 5.51. The number of nitrogens with zero attached hydrogens (tertiary/aromatic N) is 3. The van der Waals surface area contributed by atoms with Crippen LogP contribution in [0, 0.1) is 0 Å². The van der Waals surface area contributed by atoms with E-state index in [0.717, 1.165) is 5.56 Å². The van der Waals surface area contributed by atoms with E-state index in [1.807, 2.05) is 18.2 Å². The van der Waals surface area contributed by atoms with Gasteiger partial charge in [-0.3, -0.25) is 14.2 Å². The number of nitrogens with one attached hydrogen (secondary N) is 1. The Morgan fingerprint density at radius 1 is 0.960 bits per heavy atom. The zero-order chi connectivity index (χ0) is 17.2. The van der Waals surface area contributed by atoms with Crippen LogP contribution >= 0.6 is 0 Å². The molecule has 4 aromatic rings. The van der Waals surface area contributed by atoms with Crippen LogP contribution in [-0.4, -0.2) is 25.4 Å². The molecular weight excluding hydrogens is 316 g/mol. The van der Waals surface area contributed by atoms with Crippen molar-refractivity contribution in [3.05, 3.63) is 78.8 Å². The largest absolute Gasteiger partial charge is 0.508 e. The van der Waals surface area contributed by atoms with Gasteiger partial charge in [-0.25, -0.2) is 4.98 Å². The molecule has 0 atom stereocenters. The van der Waals surface area contributed by atoms with Gasteiger partial charge in [-0.2, -0.15) is 0 Å². The van der Waals surface area contributed by atoms with Crippen molar-refractivity contribution < 1.29 is 9.90 Å². The van der Waals surface area contributed by atoms with Crippen molar-refractivity contribution in [2.24, 2.45) is 0 Å². The first-order valence-corrected chi connectivity index (χ1v) is 7.69. The summed E-state index contributed by atoms with van der Waals surface area (Å²) in [5, 5.41) is 12.3. The summed E-state index contributed by atoms with van der Waals surface area (Å²) in [5.74, 6) is 0.556. The van der Waals surface area contributed by atoms with Crippen molar-refractivity contribution in [1.29, 1.82) is 0 Å². The summed E-state index contributed by atoms with van der Waals surface area (Å²) in [4.78, 5) is 21.0. The Balaban J connectivity index is 1.69. The van der Waals surface area contributed by atoms with Crippen molar-refractivity contribution in [3.63, 3.8) is 0 Å². The van der Waals surface area contributed by atoms with Gasteiger partial charge in [0.05, 0.1) is 18.1 Å². The maximum Gasteiger partial charge on any atom is 0.256 e. The molecule has 0 bridgehead atoms. The number of fused-ring (bicyclic) bond motifs is 1. The van der Waals surface area contributed by atoms with E-state index < -0.39 is 0 Å². The number of benzene rings is 2. The van der Waals surface area contributed by atoms with Crippen molar-refractivity contribution in [2.45, 2.75) is 0 Å². The number of anilines is 1. The number of imidazole rings is 1. The van der Waals surface area contributed by atoms with E-state index in [9.17, 15) is 9.90 Å². The van der Waals surface area contributed by atoms with Crippen LogP contribution in [0.15, 0.2) is 73.2 Å². The predicted octanol–water partition coefficient (Wildman–Crippen LogP) is 3.35. The number of hydrogen-bond donors (Lipinski definition) is 2. The smallest absolute Gasteiger partial charge is 0.256 e. The van der Waals surface area contributed by atoms with Crippen molar-refractivity contribution in [1.82, 2.24) is 14.4 Å². The number of carbonyl (C=O) groups excluding carboxylic acids is 1. The number of phenols is 1. The third-order valence-electron chi connectivity index (χ3n) is 3.84. The van der Waals surface area contributed by atoms with Gasteiger partial charge in [0.2, 0.25) is 0 Å². The van der Waals surface area contributed by atoms with Crippen molar-refractivity contribution in [2.75, 3.05) is 5.32 Å². The maximum atomic E-state index is 12.4. The van der Waals surface area contributed by atoms with Crippen LogP contribution in [-0.2, 0) is 0 Å². The Morgan fingerprint density at radius 3 is 2.48 bits per heavy atom. The Labute approximate surface area is 143 Å². The molecule has 25 heavy (non-hydrogen) atoms. The molecular formula is C19H14N4O2. The van der Waals surface area contributed by atoms with Gasteiger partial charge < -0.3 is 10.4 Å². The molecule has 0 aliphatic heterocycles. The molecule has 0 unspecified atom stereocenters. The fourth-order valence-electron chi connectivity index (χ4n) is 2.54. The highest BCUT2D eigenvalue weighted by atomic mass is 16.3. The summed E-state index contributed by atoms with van der Waals surface area (Å²) in [6.07, 6.45) is 5.04. The average molecular weight is 330 g/mol. The predicted molar refractivity (Wildman–Crippen MR) is 94.5 cm³/mol. The molecule has 0 saturated carbocycles. The summed E-state index contributed by atoms with van der Waals surface area (Å²) in [5.41, 5.74) is 2.77. The highest BCUT2D eigenvalue weighted by molar-refractivity contribution is 6.03. The zero-order valence-electron chi connectivity index (χ0n) is 13.1. The molecule has 0 spiro atoms. The minimum Gasteiger partial charge on any atom is -0.508 e. The monoisotopic (exact) mass is 330 g/mol. The van der Waals surface area contributed by atoms with E-state index >= 15 is 0 Å². The van der Waals surface area contributed by atoms with E-state index in [1.165, 1.54) is 0 Å². The average Bonchev–Trinajstić information content (AvgIpc) is 3.05. The van der Waals surface area contributed by atoms with Gasteiger partial charge in [-0.1, -0.05) is 18.2 Å². The topological polar surface area (TPSA) is 79.5 Å². The van der Waals surface area contributed by atoms with Gasteiger partial charge in [-0.05, 0) is 36.4 Å². The molecule has 4 rings (SSSR count). The molecule has 2 aromatic carbocycles. The number of phenolic OH excluding ortho intramolecular Hbond substituents is 1. The highest BCUT2D eigenvalue weighted by Crippen LogP contribution is 2.22. The lowest BCUT2D eigenvalue weighted by Crippen LogP contribution is -2.13. The molecule has 2 aromatic heterocycles. The fraction of sp³-hybridized carbons (Fsp3) is 0. The van der Waals surface area contributed by atoms with Crippen LogP contribution in [0.2, 0.25) is 0 Å². The molecule has 6 heteroatoms. The van der Waals surface area contributed by atoms with E-state index in [0.29, 0.717) is 22.7 Å². The van der Waals surface area contributed by atoms with Crippen LogP contribution < -0.4 is 5.32 Å². The molecule has 0 saturated heterocycles. The number of amides is 1. The summed E-state index contributed by atoms with van der Waals surface area (Å²) in [6.45, 7) is 0. The number of aromatic hydroxyl groups is 1. The third kappa shape index (κ3) is 2.92. The molecule has 2 N–H and O–H groups in total. The number of hydrogen-bond acceptors (Lipinski definition) is 4. The van der Waals surface area contributed by atoms with Crippen LogP contribution in [0.5, 0.6) is 5.75 Å². The quantitative estimate of drug-likeness (QED) is 0.604. The molecule has 0 aliphatic carbocycles. The summed E-state index contributed by atoms with van der Waals surface area (Å²) in [7, 11) is 0.